The van der Waals surface area contributed by atoms with Crippen molar-refractivity contribution in [3.8, 4) is 0 Å². The van der Waals surface area contributed by atoms with E-state index >= 15 is 0 Å². The first kappa shape index (κ1) is 17.6. The number of aliphatic hydroxyl groups excluding tert-OH is 1. The molecule has 1 rings (SSSR count). The number of aromatic nitrogens is 1. The normalized spacial score (nSPS) is 13.7. The highest BCUT2D eigenvalue weighted by Crippen LogP contribution is 2.13. The third-order valence-corrected chi connectivity index (χ3v) is 4.31. The van der Waals surface area contributed by atoms with E-state index in [-0.39, 0.29) is 5.54 Å². The maximum atomic E-state index is 9.90. The van der Waals surface area contributed by atoms with E-state index in [1.165, 1.54) is 4.88 Å². The molecule has 5 heteroatoms. The Labute approximate surface area is 126 Å². The van der Waals surface area contributed by atoms with E-state index in [1.54, 1.807) is 11.3 Å². The maximum absolute atomic E-state index is 9.90. The summed E-state index contributed by atoms with van der Waals surface area (Å²) in [7, 11) is 0. The first-order chi connectivity index (χ1) is 9.44. The Balaban J connectivity index is 2.11. The third kappa shape index (κ3) is 6.79. The Morgan fingerprint density at radius 1 is 1.50 bits per heavy atom. The van der Waals surface area contributed by atoms with Crippen LogP contribution in [0.5, 0.6) is 0 Å². The number of nitrogens with one attached hydrogen (secondary N) is 1. The van der Waals surface area contributed by atoms with E-state index in [0.717, 1.165) is 25.0 Å². The monoisotopic (exact) mass is 300 g/mol. The van der Waals surface area contributed by atoms with Crippen molar-refractivity contribution in [3.05, 3.63) is 16.1 Å². The summed E-state index contributed by atoms with van der Waals surface area (Å²) in [6.07, 6.45) is 2.66. The van der Waals surface area contributed by atoms with Crippen molar-refractivity contribution < 1.29 is 9.84 Å². The van der Waals surface area contributed by atoms with Gasteiger partial charge in [-0.05, 0) is 27.2 Å². The van der Waals surface area contributed by atoms with Gasteiger partial charge >= 0.3 is 0 Å². The third-order valence-electron chi connectivity index (χ3n) is 3.32. The molecule has 0 bridgehead atoms. The molecular weight excluding hydrogens is 272 g/mol. The first-order valence-corrected chi connectivity index (χ1v) is 8.22. The molecule has 0 spiro atoms. The highest BCUT2D eigenvalue weighted by molar-refractivity contribution is 7.09. The summed E-state index contributed by atoms with van der Waals surface area (Å²) in [5, 5.41) is 13.3. The molecular formula is C15H28N2O2S. The smallest absolute Gasteiger partial charge is 0.0897 e. The van der Waals surface area contributed by atoms with Crippen molar-refractivity contribution in [2.24, 2.45) is 0 Å². The number of hydrogen-bond acceptors (Lipinski definition) is 5. The lowest BCUT2D eigenvalue weighted by Gasteiger charge is -2.27. The van der Waals surface area contributed by atoms with Gasteiger partial charge in [0, 0.05) is 23.4 Å². The van der Waals surface area contributed by atoms with Crippen LogP contribution in [0.25, 0.3) is 0 Å². The average Bonchev–Trinajstić information content (AvgIpc) is 2.78. The molecule has 116 valence electrons. The molecule has 0 amide bonds. The van der Waals surface area contributed by atoms with Crippen LogP contribution in [0.4, 0.5) is 0 Å². The van der Waals surface area contributed by atoms with Crippen molar-refractivity contribution in [2.75, 3.05) is 19.8 Å². The highest BCUT2D eigenvalue weighted by atomic mass is 32.1. The van der Waals surface area contributed by atoms with Crippen molar-refractivity contribution >= 4 is 11.3 Å². The molecule has 0 saturated heterocycles. The highest BCUT2D eigenvalue weighted by Gasteiger charge is 2.17. The van der Waals surface area contributed by atoms with Crippen LogP contribution in [0.3, 0.4) is 0 Å². The zero-order valence-corrected chi connectivity index (χ0v) is 13.9. The van der Waals surface area contributed by atoms with Gasteiger partial charge in [0.25, 0.3) is 0 Å². The van der Waals surface area contributed by atoms with Crippen molar-refractivity contribution in [1.82, 2.24) is 10.3 Å². The van der Waals surface area contributed by atoms with Gasteiger partial charge in [0.2, 0.25) is 0 Å². The zero-order valence-electron chi connectivity index (χ0n) is 13.1. The van der Waals surface area contributed by atoms with E-state index in [4.69, 9.17) is 4.74 Å². The fourth-order valence-electron chi connectivity index (χ4n) is 2.12. The van der Waals surface area contributed by atoms with Crippen LogP contribution in [0.1, 0.15) is 44.2 Å². The Morgan fingerprint density at radius 3 is 2.85 bits per heavy atom. The molecule has 1 atom stereocenters. The molecule has 0 aromatic carbocycles. The molecule has 4 nitrogen and oxygen atoms in total. The summed E-state index contributed by atoms with van der Waals surface area (Å²) in [6, 6.07) is 0. The molecule has 0 saturated carbocycles. The minimum Gasteiger partial charge on any atom is -0.389 e. The SMILES string of the molecule is CCCC(C)(C)NCC(O)COCCc1scnc1C. The number of rotatable bonds is 10. The van der Waals surface area contributed by atoms with Crippen LogP contribution >= 0.6 is 11.3 Å². The number of hydrogen-bond donors (Lipinski definition) is 2. The minimum absolute atomic E-state index is 0.0788. The topological polar surface area (TPSA) is 54.4 Å². The van der Waals surface area contributed by atoms with Gasteiger partial charge in [-0.1, -0.05) is 13.3 Å². The van der Waals surface area contributed by atoms with Crippen LogP contribution in [-0.2, 0) is 11.2 Å². The van der Waals surface area contributed by atoms with Crippen molar-refractivity contribution in [1.29, 1.82) is 0 Å². The molecule has 20 heavy (non-hydrogen) atoms. The Kier molecular flexibility index (Phi) is 7.66. The zero-order chi connectivity index (χ0) is 15.0. The molecule has 1 aromatic rings. The Bertz CT molecular complexity index is 380. The molecule has 0 aliphatic rings. The van der Waals surface area contributed by atoms with Gasteiger partial charge in [0.05, 0.1) is 30.5 Å². The minimum atomic E-state index is -0.450. The lowest BCUT2D eigenvalue weighted by Crippen LogP contribution is -2.44. The Morgan fingerprint density at radius 2 is 2.25 bits per heavy atom. The average molecular weight is 300 g/mol. The van der Waals surface area contributed by atoms with E-state index in [0.29, 0.717) is 19.8 Å². The predicted octanol–water partition coefficient (Wildman–Crippen LogP) is 2.54. The second-order valence-electron chi connectivity index (χ2n) is 5.85. The van der Waals surface area contributed by atoms with E-state index in [1.807, 2.05) is 12.4 Å². The number of aryl methyl sites for hydroxylation is 1. The van der Waals surface area contributed by atoms with Gasteiger partial charge < -0.3 is 15.2 Å². The second-order valence-corrected chi connectivity index (χ2v) is 6.79. The molecule has 0 radical (unpaired) electrons. The largest absolute Gasteiger partial charge is 0.389 e. The number of β-amino-alcohol motifs (C(OH)–C–C–N with tert-alkyl or cyclic N) is 1. The quantitative estimate of drug-likeness (QED) is 0.652. The van der Waals surface area contributed by atoms with Crippen LogP contribution in [0, 0.1) is 6.92 Å². The summed E-state index contributed by atoms with van der Waals surface area (Å²) >= 11 is 1.66. The number of thiazole rings is 1. The van der Waals surface area contributed by atoms with Gasteiger partial charge in [-0.25, -0.2) is 4.98 Å². The van der Waals surface area contributed by atoms with Gasteiger partial charge in [-0.15, -0.1) is 11.3 Å². The van der Waals surface area contributed by atoms with Gasteiger partial charge in [-0.2, -0.15) is 0 Å². The summed E-state index contributed by atoms with van der Waals surface area (Å²) in [5.74, 6) is 0. The maximum Gasteiger partial charge on any atom is 0.0897 e. The molecule has 0 fully saturated rings. The molecule has 1 aromatic heterocycles. The lowest BCUT2D eigenvalue weighted by molar-refractivity contribution is 0.0347. The van der Waals surface area contributed by atoms with E-state index in [2.05, 4.69) is 31.1 Å². The fraction of sp³-hybridized carbons (Fsp3) is 0.800. The summed E-state index contributed by atoms with van der Waals surface area (Å²) in [4.78, 5) is 5.47. The van der Waals surface area contributed by atoms with Crippen LogP contribution < -0.4 is 5.32 Å². The van der Waals surface area contributed by atoms with Crippen molar-refractivity contribution in [2.45, 2.75) is 58.6 Å². The predicted molar refractivity (Wildman–Crippen MR) is 84.4 cm³/mol. The van der Waals surface area contributed by atoms with Gasteiger partial charge in [0.15, 0.2) is 0 Å². The molecule has 2 N–H and O–H groups in total. The van der Waals surface area contributed by atoms with E-state index < -0.39 is 6.10 Å². The molecule has 0 aliphatic heterocycles. The number of aliphatic hydroxyl groups is 1. The van der Waals surface area contributed by atoms with Crippen molar-refractivity contribution in [3.63, 3.8) is 0 Å². The van der Waals surface area contributed by atoms with Crippen LogP contribution in [0.15, 0.2) is 5.51 Å². The molecule has 0 aliphatic carbocycles. The van der Waals surface area contributed by atoms with Crippen LogP contribution in [-0.4, -0.2) is 41.5 Å². The van der Waals surface area contributed by atoms with Crippen LogP contribution in [0.2, 0.25) is 0 Å². The summed E-state index contributed by atoms with van der Waals surface area (Å²) < 4.78 is 5.54. The first-order valence-electron chi connectivity index (χ1n) is 7.34. The lowest BCUT2D eigenvalue weighted by atomic mass is 9.99. The second kappa shape index (κ2) is 8.72. The number of ether oxygens (including phenoxy) is 1. The van der Waals surface area contributed by atoms with E-state index in [9.17, 15) is 5.11 Å². The van der Waals surface area contributed by atoms with Gasteiger partial charge in [0.1, 0.15) is 0 Å². The van der Waals surface area contributed by atoms with Gasteiger partial charge in [-0.3, -0.25) is 0 Å². The Hall–Kier alpha value is -0.490. The standard InChI is InChI=1S/C15H28N2O2S/c1-5-7-15(3,4)17-9-13(18)10-19-8-6-14-12(2)16-11-20-14/h11,13,17-18H,5-10H2,1-4H3. The number of nitrogens with zero attached hydrogens (tertiary/aromatic N) is 1. The molecule has 1 unspecified atom stereocenters. The summed E-state index contributed by atoms with van der Waals surface area (Å²) in [5.41, 5.74) is 3.02. The molecule has 1 heterocycles. The summed E-state index contributed by atoms with van der Waals surface area (Å²) in [6.45, 7) is 10.1. The fourth-order valence-corrected chi connectivity index (χ4v) is 2.88.